The molecule has 94 valence electrons. The fourth-order valence-corrected chi connectivity index (χ4v) is 1.97. The lowest BCUT2D eigenvalue weighted by Crippen LogP contribution is -2.16. The normalized spacial score (nSPS) is 14.8. The molecule has 1 aromatic rings. The van der Waals surface area contributed by atoms with Gasteiger partial charge in [-0.15, -0.1) is 0 Å². The number of ether oxygens (including phenoxy) is 1. The first-order chi connectivity index (χ1) is 8.77. The van der Waals surface area contributed by atoms with Gasteiger partial charge in [0.15, 0.2) is 12.4 Å². The van der Waals surface area contributed by atoms with Crippen molar-refractivity contribution >= 4 is 11.8 Å². The van der Waals surface area contributed by atoms with Gasteiger partial charge in [-0.25, -0.2) is 4.79 Å². The summed E-state index contributed by atoms with van der Waals surface area (Å²) in [6, 6.07) is 8.71. The van der Waals surface area contributed by atoms with E-state index in [1.807, 2.05) is 12.1 Å². The van der Waals surface area contributed by atoms with Crippen molar-refractivity contribution in [3.8, 4) is 0 Å². The van der Waals surface area contributed by atoms with Crippen molar-refractivity contribution in [2.45, 2.75) is 25.7 Å². The van der Waals surface area contributed by atoms with E-state index in [9.17, 15) is 9.59 Å². The molecule has 18 heavy (non-hydrogen) atoms. The molecule has 1 aromatic carbocycles. The van der Waals surface area contributed by atoms with Crippen LogP contribution in [0.1, 0.15) is 36.0 Å². The van der Waals surface area contributed by atoms with Gasteiger partial charge >= 0.3 is 5.97 Å². The topological polar surface area (TPSA) is 43.4 Å². The average Bonchev–Trinajstić information content (AvgIpc) is 2.46. The molecular formula is C15H16O3. The molecule has 3 nitrogen and oxygen atoms in total. The van der Waals surface area contributed by atoms with Crippen LogP contribution < -0.4 is 0 Å². The fourth-order valence-electron chi connectivity index (χ4n) is 1.97. The predicted molar refractivity (Wildman–Crippen MR) is 68.3 cm³/mol. The van der Waals surface area contributed by atoms with Crippen molar-refractivity contribution < 1.29 is 14.3 Å². The molecule has 2 rings (SSSR count). The summed E-state index contributed by atoms with van der Waals surface area (Å²) in [5.41, 5.74) is 1.28. The Kier molecular flexibility index (Phi) is 4.29. The smallest absolute Gasteiger partial charge is 0.338 e. The van der Waals surface area contributed by atoms with Crippen LogP contribution in [0.2, 0.25) is 0 Å². The molecule has 0 saturated carbocycles. The zero-order valence-electron chi connectivity index (χ0n) is 10.2. The van der Waals surface area contributed by atoms with Crippen LogP contribution in [-0.2, 0) is 9.53 Å². The van der Waals surface area contributed by atoms with Crippen LogP contribution in [0.5, 0.6) is 0 Å². The van der Waals surface area contributed by atoms with E-state index >= 15 is 0 Å². The number of esters is 1. The van der Waals surface area contributed by atoms with E-state index in [4.69, 9.17) is 4.74 Å². The summed E-state index contributed by atoms with van der Waals surface area (Å²) in [5.74, 6) is -0.514. The minimum Gasteiger partial charge on any atom is -0.454 e. The number of hydrogen-bond acceptors (Lipinski definition) is 3. The number of rotatable bonds is 4. The summed E-state index contributed by atoms with van der Waals surface area (Å²) in [5, 5.41) is 0. The molecule has 0 fully saturated rings. The second-order valence-corrected chi connectivity index (χ2v) is 4.34. The Balaban J connectivity index is 1.86. The summed E-state index contributed by atoms with van der Waals surface area (Å²) in [6.45, 7) is -0.153. The first-order valence-corrected chi connectivity index (χ1v) is 6.22. The molecule has 0 amide bonds. The van der Waals surface area contributed by atoms with Gasteiger partial charge in [-0.05, 0) is 43.4 Å². The minimum absolute atomic E-state index is 0.0704. The van der Waals surface area contributed by atoms with E-state index in [0.717, 1.165) is 31.3 Å². The van der Waals surface area contributed by atoms with Gasteiger partial charge in [0.2, 0.25) is 0 Å². The maximum atomic E-state index is 11.8. The SMILES string of the molecule is O=C(COC(=O)c1ccccc1)C1=CCCCC1. The van der Waals surface area contributed by atoms with Crippen LogP contribution in [0.25, 0.3) is 0 Å². The van der Waals surface area contributed by atoms with Crippen molar-refractivity contribution in [2.24, 2.45) is 0 Å². The Labute approximate surface area is 106 Å². The highest BCUT2D eigenvalue weighted by Gasteiger charge is 2.15. The zero-order chi connectivity index (χ0) is 12.8. The average molecular weight is 244 g/mol. The molecule has 0 aliphatic heterocycles. The van der Waals surface area contributed by atoms with Crippen molar-refractivity contribution in [1.29, 1.82) is 0 Å². The van der Waals surface area contributed by atoms with Crippen LogP contribution in [0.3, 0.4) is 0 Å². The first kappa shape index (κ1) is 12.6. The van der Waals surface area contributed by atoms with Crippen LogP contribution in [0.15, 0.2) is 42.0 Å². The number of ketones is 1. The molecule has 0 aromatic heterocycles. The van der Waals surface area contributed by atoms with Crippen molar-refractivity contribution in [3.05, 3.63) is 47.5 Å². The van der Waals surface area contributed by atoms with Crippen LogP contribution in [-0.4, -0.2) is 18.4 Å². The van der Waals surface area contributed by atoms with Gasteiger partial charge < -0.3 is 4.74 Å². The molecular weight excluding hydrogens is 228 g/mol. The number of allylic oxidation sites excluding steroid dienone is 1. The maximum absolute atomic E-state index is 11.8. The largest absolute Gasteiger partial charge is 0.454 e. The monoisotopic (exact) mass is 244 g/mol. The zero-order valence-corrected chi connectivity index (χ0v) is 10.2. The summed E-state index contributed by atoms with van der Waals surface area (Å²) >= 11 is 0. The Morgan fingerprint density at radius 2 is 1.89 bits per heavy atom. The molecule has 0 radical (unpaired) electrons. The lowest BCUT2D eigenvalue weighted by Gasteiger charge is -2.11. The van der Waals surface area contributed by atoms with Crippen LogP contribution >= 0.6 is 0 Å². The summed E-state index contributed by atoms with van der Waals surface area (Å²) in [7, 11) is 0. The highest BCUT2D eigenvalue weighted by molar-refractivity contribution is 5.98. The molecule has 1 aliphatic rings. The Hall–Kier alpha value is -1.90. The van der Waals surface area contributed by atoms with Gasteiger partial charge in [-0.3, -0.25) is 4.79 Å². The Bertz CT molecular complexity index is 460. The lowest BCUT2D eigenvalue weighted by atomic mass is 9.97. The van der Waals surface area contributed by atoms with E-state index in [-0.39, 0.29) is 12.4 Å². The van der Waals surface area contributed by atoms with E-state index in [0.29, 0.717) is 5.56 Å². The number of hydrogen-bond donors (Lipinski definition) is 0. The molecule has 0 atom stereocenters. The van der Waals surface area contributed by atoms with Crippen molar-refractivity contribution in [2.75, 3.05) is 6.61 Å². The van der Waals surface area contributed by atoms with E-state index in [1.165, 1.54) is 0 Å². The number of Topliss-reactive ketones (excluding diaryl/α,β-unsaturated/α-hetero) is 1. The van der Waals surface area contributed by atoms with Crippen LogP contribution in [0.4, 0.5) is 0 Å². The molecule has 0 unspecified atom stereocenters. The summed E-state index contributed by atoms with van der Waals surface area (Å²) in [4.78, 5) is 23.4. The highest BCUT2D eigenvalue weighted by atomic mass is 16.5. The fraction of sp³-hybridized carbons (Fsp3) is 0.333. The molecule has 1 aliphatic carbocycles. The Morgan fingerprint density at radius 3 is 2.56 bits per heavy atom. The van der Waals surface area contributed by atoms with Gasteiger partial charge in [0, 0.05) is 0 Å². The standard InChI is InChI=1S/C15H16O3/c16-14(12-7-3-1-4-8-12)11-18-15(17)13-9-5-2-6-10-13/h2,5-7,9-10H,1,3-4,8,11H2. The van der Waals surface area contributed by atoms with Crippen molar-refractivity contribution in [3.63, 3.8) is 0 Å². The lowest BCUT2D eigenvalue weighted by molar-refractivity contribution is -0.118. The Morgan fingerprint density at radius 1 is 1.11 bits per heavy atom. The predicted octanol–water partition coefficient (Wildman–Crippen LogP) is 2.91. The van der Waals surface area contributed by atoms with E-state index < -0.39 is 5.97 Å². The van der Waals surface area contributed by atoms with Crippen molar-refractivity contribution in [1.82, 2.24) is 0 Å². The van der Waals surface area contributed by atoms with Crippen LogP contribution in [0, 0.1) is 0 Å². The highest BCUT2D eigenvalue weighted by Crippen LogP contribution is 2.18. The molecule has 0 heterocycles. The number of carbonyl (C=O) groups excluding carboxylic acids is 2. The number of carbonyl (C=O) groups is 2. The van der Waals surface area contributed by atoms with Gasteiger partial charge in [0.1, 0.15) is 0 Å². The summed E-state index contributed by atoms with van der Waals surface area (Å²) in [6.07, 6.45) is 5.91. The number of benzene rings is 1. The quantitative estimate of drug-likeness (QED) is 0.765. The van der Waals surface area contributed by atoms with E-state index in [1.54, 1.807) is 24.3 Å². The first-order valence-electron chi connectivity index (χ1n) is 6.22. The maximum Gasteiger partial charge on any atom is 0.338 e. The summed E-state index contributed by atoms with van der Waals surface area (Å²) < 4.78 is 5.01. The molecule has 0 saturated heterocycles. The third kappa shape index (κ3) is 3.29. The molecule has 3 heteroatoms. The minimum atomic E-state index is -0.444. The van der Waals surface area contributed by atoms with Gasteiger partial charge in [0.05, 0.1) is 5.56 Å². The second-order valence-electron chi connectivity index (χ2n) is 4.34. The van der Waals surface area contributed by atoms with E-state index in [2.05, 4.69) is 0 Å². The van der Waals surface area contributed by atoms with Gasteiger partial charge in [-0.1, -0.05) is 24.3 Å². The van der Waals surface area contributed by atoms with Gasteiger partial charge in [-0.2, -0.15) is 0 Å². The third-order valence-electron chi connectivity index (χ3n) is 2.99. The molecule has 0 spiro atoms. The van der Waals surface area contributed by atoms with Gasteiger partial charge in [0.25, 0.3) is 0 Å². The molecule has 0 bridgehead atoms. The second kappa shape index (κ2) is 6.15. The third-order valence-corrected chi connectivity index (χ3v) is 2.99. The molecule has 0 N–H and O–H groups in total.